The lowest BCUT2D eigenvalue weighted by Gasteiger charge is -2.34. The first-order valence-corrected chi connectivity index (χ1v) is 9.37. The van der Waals surface area contributed by atoms with Crippen LogP contribution in [0.4, 0.5) is 0 Å². The third kappa shape index (κ3) is 4.98. The Balaban J connectivity index is 1.58. The maximum Gasteiger partial charge on any atom is 0.270 e. The first-order chi connectivity index (χ1) is 12.8. The van der Waals surface area contributed by atoms with Crippen molar-refractivity contribution < 1.29 is 14.7 Å². The molecule has 1 aromatic heterocycles. The molecular formula is C21H27N3O3. The van der Waals surface area contributed by atoms with Crippen LogP contribution in [0.15, 0.2) is 42.6 Å². The number of aliphatic hydroxyl groups is 1. The third-order valence-corrected chi connectivity index (χ3v) is 4.88. The number of carbonyl (C=O) groups excluding carboxylic acids is 2. The van der Waals surface area contributed by atoms with E-state index < -0.39 is 5.60 Å². The molecular weight excluding hydrogens is 342 g/mol. The molecule has 2 aromatic rings. The van der Waals surface area contributed by atoms with E-state index in [2.05, 4.69) is 4.98 Å². The molecule has 0 saturated carbocycles. The van der Waals surface area contributed by atoms with Crippen LogP contribution in [-0.2, 0) is 6.42 Å². The van der Waals surface area contributed by atoms with Crippen LogP contribution in [0.2, 0.25) is 0 Å². The lowest BCUT2D eigenvalue weighted by atomic mass is 9.97. The highest BCUT2D eigenvalue weighted by molar-refractivity contribution is 5.95. The van der Waals surface area contributed by atoms with Crippen molar-refractivity contribution in [1.29, 1.82) is 0 Å². The quantitative estimate of drug-likeness (QED) is 0.849. The predicted octanol–water partition coefficient (Wildman–Crippen LogP) is 2.32. The molecule has 1 fully saturated rings. The van der Waals surface area contributed by atoms with Gasteiger partial charge in [-0.2, -0.15) is 0 Å². The number of piperazine rings is 1. The van der Waals surface area contributed by atoms with E-state index in [4.69, 9.17) is 0 Å². The molecule has 2 heterocycles. The number of amides is 2. The van der Waals surface area contributed by atoms with Crippen LogP contribution >= 0.6 is 0 Å². The minimum absolute atomic E-state index is 0.00733. The number of aromatic nitrogens is 1. The van der Waals surface area contributed by atoms with Crippen LogP contribution < -0.4 is 0 Å². The van der Waals surface area contributed by atoms with Crippen LogP contribution in [-0.4, -0.2) is 63.5 Å². The summed E-state index contributed by atoms with van der Waals surface area (Å²) in [4.78, 5) is 31.7. The van der Waals surface area contributed by atoms with Gasteiger partial charge in [0.2, 0.25) is 0 Å². The van der Waals surface area contributed by atoms with Gasteiger partial charge in [0.05, 0.1) is 5.60 Å². The molecule has 0 atom stereocenters. The fraction of sp³-hybridized carbons (Fsp3) is 0.429. The average molecular weight is 369 g/mol. The van der Waals surface area contributed by atoms with Crippen molar-refractivity contribution in [2.75, 3.05) is 26.2 Å². The molecule has 1 aliphatic heterocycles. The van der Waals surface area contributed by atoms with Crippen molar-refractivity contribution in [3.05, 3.63) is 59.4 Å². The van der Waals surface area contributed by atoms with E-state index in [0.717, 1.165) is 12.0 Å². The molecule has 144 valence electrons. The summed E-state index contributed by atoms with van der Waals surface area (Å²) in [6.07, 6.45) is 3.10. The molecule has 2 N–H and O–H groups in total. The van der Waals surface area contributed by atoms with Crippen LogP contribution in [0, 0.1) is 0 Å². The van der Waals surface area contributed by atoms with E-state index in [-0.39, 0.29) is 11.8 Å². The monoisotopic (exact) mass is 369 g/mol. The largest absolute Gasteiger partial charge is 0.390 e. The van der Waals surface area contributed by atoms with Crippen molar-refractivity contribution in [2.24, 2.45) is 0 Å². The Morgan fingerprint density at radius 3 is 2.30 bits per heavy atom. The smallest absolute Gasteiger partial charge is 0.270 e. The van der Waals surface area contributed by atoms with Crippen LogP contribution in [0.5, 0.6) is 0 Å². The summed E-state index contributed by atoms with van der Waals surface area (Å²) in [5.41, 5.74) is 1.56. The molecule has 6 heteroatoms. The molecule has 1 aromatic carbocycles. The molecule has 0 radical (unpaired) electrons. The van der Waals surface area contributed by atoms with Gasteiger partial charge in [-0.05, 0) is 56.5 Å². The molecule has 0 aliphatic carbocycles. The molecule has 3 rings (SSSR count). The predicted molar refractivity (Wildman–Crippen MR) is 104 cm³/mol. The fourth-order valence-electron chi connectivity index (χ4n) is 3.24. The Kier molecular flexibility index (Phi) is 5.65. The average Bonchev–Trinajstić information content (AvgIpc) is 3.20. The molecule has 2 amide bonds. The molecule has 0 unspecified atom stereocenters. The number of nitrogens with zero attached hydrogens (tertiary/aromatic N) is 2. The number of rotatable bonds is 5. The SMILES string of the molecule is CC(C)(O)CCc1cccc(C(=O)N2CCN(C(=O)c3ccc[nH]3)CC2)c1. The van der Waals surface area contributed by atoms with Crippen molar-refractivity contribution in [3.8, 4) is 0 Å². The van der Waals surface area contributed by atoms with Crippen molar-refractivity contribution in [3.63, 3.8) is 0 Å². The second-order valence-corrected chi connectivity index (χ2v) is 7.68. The first kappa shape index (κ1) is 19.2. The minimum Gasteiger partial charge on any atom is -0.390 e. The van der Waals surface area contributed by atoms with Gasteiger partial charge in [0.1, 0.15) is 5.69 Å². The molecule has 1 saturated heterocycles. The number of nitrogens with one attached hydrogen (secondary N) is 1. The van der Waals surface area contributed by atoms with Crippen molar-refractivity contribution in [2.45, 2.75) is 32.3 Å². The third-order valence-electron chi connectivity index (χ3n) is 4.88. The van der Waals surface area contributed by atoms with Crippen LogP contribution in [0.3, 0.4) is 0 Å². The molecule has 0 bridgehead atoms. The summed E-state index contributed by atoms with van der Waals surface area (Å²) in [5.74, 6) is -0.0344. The van der Waals surface area contributed by atoms with Gasteiger partial charge in [-0.15, -0.1) is 0 Å². The number of hydrogen-bond donors (Lipinski definition) is 2. The first-order valence-electron chi connectivity index (χ1n) is 9.37. The Hall–Kier alpha value is -2.60. The Labute approximate surface area is 159 Å². The number of aromatic amines is 1. The second-order valence-electron chi connectivity index (χ2n) is 7.68. The van der Waals surface area contributed by atoms with Gasteiger partial charge >= 0.3 is 0 Å². The molecule has 0 spiro atoms. The number of aryl methyl sites for hydroxylation is 1. The minimum atomic E-state index is -0.720. The standard InChI is InChI=1S/C21H27N3O3/c1-21(2,27)9-8-16-5-3-6-17(15-16)19(25)23-11-13-24(14-12-23)20(26)18-7-4-10-22-18/h3-7,10,15,22,27H,8-9,11-14H2,1-2H3. The van der Waals surface area contributed by atoms with Gasteiger partial charge in [0.15, 0.2) is 0 Å². The van der Waals surface area contributed by atoms with Gasteiger partial charge in [-0.25, -0.2) is 0 Å². The molecule has 1 aliphatic rings. The molecule has 27 heavy (non-hydrogen) atoms. The highest BCUT2D eigenvalue weighted by Crippen LogP contribution is 2.16. The van der Waals surface area contributed by atoms with E-state index in [1.165, 1.54) is 0 Å². The maximum absolute atomic E-state index is 12.8. The number of H-pyrrole nitrogens is 1. The van der Waals surface area contributed by atoms with E-state index >= 15 is 0 Å². The van der Waals surface area contributed by atoms with Gasteiger partial charge in [0, 0.05) is 37.9 Å². The summed E-state index contributed by atoms with van der Waals surface area (Å²) in [6.45, 7) is 5.69. The zero-order valence-corrected chi connectivity index (χ0v) is 15.9. The summed E-state index contributed by atoms with van der Waals surface area (Å²) >= 11 is 0. The summed E-state index contributed by atoms with van der Waals surface area (Å²) in [5, 5.41) is 9.89. The van der Waals surface area contributed by atoms with Crippen molar-refractivity contribution >= 4 is 11.8 Å². The highest BCUT2D eigenvalue weighted by Gasteiger charge is 2.26. The fourth-order valence-corrected chi connectivity index (χ4v) is 3.24. The highest BCUT2D eigenvalue weighted by atomic mass is 16.3. The summed E-state index contributed by atoms with van der Waals surface area (Å²) in [6, 6.07) is 11.2. The van der Waals surface area contributed by atoms with Gasteiger partial charge < -0.3 is 19.9 Å². The number of benzene rings is 1. The maximum atomic E-state index is 12.8. The summed E-state index contributed by atoms with van der Waals surface area (Å²) in [7, 11) is 0. The van der Waals surface area contributed by atoms with E-state index in [0.29, 0.717) is 43.9 Å². The second kappa shape index (κ2) is 7.96. The zero-order chi connectivity index (χ0) is 19.4. The van der Waals surface area contributed by atoms with E-state index in [9.17, 15) is 14.7 Å². The van der Waals surface area contributed by atoms with Crippen LogP contribution in [0.25, 0.3) is 0 Å². The van der Waals surface area contributed by atoms with Gasteiger partial charge in [-0.3, -0.25) is 9.59 Å². The number of hydrogen-bond acceptors (Lipinski definition) is 3. The topological polar surface area (TPSA) is 76.6 Å². The van der Waals surface area contributed by atoms with Crippen LogP contribution in [0.1, 0.15) is 46.7 Å². The van der Waals surface area contributed by atoms with Crippen molar-refractivity contribution in [1.82, 2.24) is 14.8 Å². The van der Waals surface area contributed by atoms with Gasteiger partial charge in [0.25, 0.3) is 11.8 Å². The Morgan fingerprint density at radius 1 is 1.04 bits per heavy atom. The Morgan fingerprint density at radius 2 is 1.70 bits per heavy atom. The Bertz CT molecular complexity index is 785. The number of carbonyl (C=O) groups is 2. The summed E-state index contributed by atoms with van der Waals surface area (Å²) < 4.78 is 0. The lowest BCUT2D eigenvalue weighted by molar-refractivity contribution is 0.0532. The molecule has 6 nitrogen and oxygen atoms in total. The van der Waals surface area contributed by atoms with E-state index in [1.54, 1.807) is 42.0 Å². The normalized spacial score (nSPS) is 15.1. The van der Waals surface area contributed by atoms with E-state index in [1.807, 2.05) is 24.3 Å². The zero-order valence-electron chi connectivity index (χ0n) is 15.9. The van der Waals surface area contributed by atoms with Gasteiger partial charge in [-0.1, -0.05) is 12.1 Å². The lowest BCUT2D eigenvalue weighted by Crippen LogP contribution is -2.50.